The lowest BCUT2D eigenvalue weighted by molar-refractivity contribution is -0.161. The van der Waals surface area contributed by atoms with Crippen LogP contribution in [0.3, 0.4) is 0 Å². The van der Waals surface area contributed by atoms with Crippen LogP contribution in [-0.4, -0.2) is 49.3 Å². The van der Waals surface area contributed by atoms with Crippen LogP contribution in [0.2, 0.25) is 0 Å². The van der Waals surface area contributed by atoms with Crippen LogP contribution in [0.1, 0.15) is 181 Å². The average molecular weight is 924 g/mol. The summed E-state index contributed by atoms with van der Waals surface area (Å²) in [6.07, 6.45) is 68.0. The molecule has 3 N–H and O–H groups in total. The smallest absolute Gasteiger partial charge is 0.462 e. The second-order valence-electron chi connectivity index (χ2n) is 15.9. The molecule has 65 heavy (non-hydrogen) atoms. The number of carbonyl (C=O) groups excluding carboxylic acids is 2. The van der Waals surface area contributed by atoms with Crippen molar-refractivity contribution >= 4 is 19.8 Å². The minimum absolute atomic E-state index is 0.0411. The number of allylic oxidation sites excluding steroid dienone is 20. The Kier molecular flexibility index (Phi) is 47.1. The molecule has 0 aliphatic heterocycles. The van der Waals surface area contributed by atoms with Crippen molar-refractivity contribution in [3.63, 3.8) is 0 Å². The summed E-state index contributed by atoms with van der Waals surface area (Å²) in [5.74, 6) is -0.877. The van der Waals surface area contributed by atoms with Gasteiger partial charge in [0, 0.05) is 19.4 Å². The van der Waals surface area contributed by atoms with E-state index in [1.165, 1.54) is 25.7 Å². The van der Waals surface area contributed by atoms with Gasteiger partial charge in [-0.25, -0.2) is 4.57 Å². The van der Waals surface area contributed by atoms with E-state index in [2.05, 4.69) is 135 Å². The number of carbonyl (C=O) groups is 2. The standard InChI is InChI=1S/C55H90NO8P/c1-3-5-7-9-11-13-15-17-19-21-22-23-24-25-26-27-28-29-30-32-34-36-38-40-42-44-46-48-55(58)64-53(52-63-65(59,60)62-50-49-56)51-61-54(57)47-45-43-41-39-37-35-33-31-20-18-16-14-12-10-8-6-4-2/h5-8,11-14,17-20,22-23,25-26,28-29,33,35,53H,3-4,9-10,15-16,21,24,27,30-32,34,36-52,56H2,1-2H3,(H,59,60)/b7-5-,8-6-,13-11-,14-12-,19-17-,20-18-,23-22-,26-25-,29-28-,35-33-. The van der Waals surface area contributed by atoms with Gasteiger partial charge in [0.15, 0.2) is 6.10 Å². The zero-order chi connectivity index (χ0) is 47.4. The van der Waals surface area contributed by atoms with E-state index in [0.717, 1.165) is 116 Å². The molecule has 0 aromatic rings. The normalized spacial score (nSPS) is 14.2. The summed E-state index contributed by atoms with van der Waals surface area (Å²) in [6, 6.07) is 0. The lowest BCUT2D eigenvalue weighted by atomic mass is 10.1. The van der Waals surface area contributed by atoms with Gasteiger partial charge in [0.25, 0.3) is 0 Å². The van der Waals surface area contributed by atoms with Crippen LogP contribution in [0.15, 0.2) is 122 Å². The van der Waals surface area contributed by atoms with Crippen molar-refractivity contribution in [2.75, 3.05) is 26.4 Å². The van der Waals surface area contributed by atoms with Gasteiger partial charge in [-0.05, 0) is 103 Å². The monoisotopic (exact) mass is 924 g/mol. The van der Waals surface area contributed by atoms with Gasteiger partial charge in [0.1, 0.15) is 6.61 Å². The molecule has 2 unspecified atom stereocenters. The van der Waals surface area contributed by atoms with Crippen LogP contribution >= 0.6 is 7.82 Å². The number of nitrogens with two attached hydrogens (primary N) is 1. The summed E-state index contributed by atoms with van der Waals surface area (Å²) in [5, 5.41) is 0. The highest BCUT2D eigenvalue weighted by Crippen LogP contribution is 2.43. The highest BCUT2D eigenvalue weighted by atomic mass is 31.2. The van der Waals surface area contributed by atoms with E-state index < -0.39 is 32.5 Å². The molecule has 0 heterocycles. The third-order valence-electron chi connectivity index (χ3n) is 9.84. The molecule has 2 atom stereocenters. The van der Waals surface area contributed by atoms with Crippen molar-refractivity contribution in [1.29, 1.82) is 0 Å². The first-order valence-corrected chi connectivity index (χ1v) is 26.5. The quantitative estimate of drug-likeness (QED) is 0.0265. The molecule has 0 bridgehead atoms. The molecule has 0 radical (unpaired) electrons. The molecular formula is C55H90NO8P. The Hall–Kier alpha value is -3.59. The van der Waals surface area contributed by atoms with E-state index in [1.54, 1.807) is 0 Å². The van der Waals surface area contributed by atoms with E-state index in [9.17, 15) is 19.0 Å². The zero-order valence-electron chi connectivity index (χ0n) is 40.7. The predicted molar refractivity (Wildman–Crippen MR) is 274 cm³/mol. The lowest BCUT2D eigenvalue weighted by Gasteiger charge is -2.19. The Labute approximate surface area is 396 Å². The van der Waals surface area contributed by atoms with Crippen molar-refractivity contribution < 1.29 is 37.6 Å². The third-order valence-corrected chi connectivity index (χ3v) is 10.8. The maximum atomic E-state index is 12.7. The van der Waals surface area contributed by atoms with Crippen molar-refractivity contribution in [2.24, 2.45) is 5.73 Å². The van der Waals surface area contributed by atoms with Gasteiger partial charge in [0.2, 0.25) is 0 Å². The largest absolute Gasteiger partial charge is 0.472 e. The maximum absolute atomic E-state index is 12.7. The highest BCUT2D eigenvalue weighted by molar-refractivity contribution is 7.47. The molecule has 0 saturated heterocycles. The van der Waals surface area contributed by atoms with E-state index in [-0.39, 0.29) is 32.6 Å². The molecule has 0 aromatic carbocycles. The van der Waals surface area contributed by atoms with Crippen molar-refractivity contribution in [1.82, 2.24) is 0 Å². The summed E-state index contributed by atoms with van der Waals surface area (Å²) in [7, 11) is -4.40. The zero-order valence-corrected chi connectivity index (χ0v) is 41.6. The number of hydrogen-bond donors (Lipinski definition) is 2. The first-order valence-electron chi connectivity index (χ1n) is 25.0. The molecule has 368 valence electrons. The van der Waals surface area contributed by atoms with E-state index in [4.69, 9.17) is 24.3 Å². The topological polar surface area (TPSA) is 134 Å². The molecule has 9 nitrogen and oxygen atoms in total. The second kappa shape index (κ2) is 49.8. The minimum atomic E-state index is -4.40. The molecule has 0 aromatic heterocycles. The van der Waals surface area contributed by atoms with Gasteiger partial charge in [-0.3, -0.25) is 18.6 Å². The number of rotatable bonds is 45. The first-order chi connectivity index (χ1) is 31.8. The minimum Gasteiger partial charge on any atom is -0.462 e. The van der Waals surface area contributed by atoms with Crippen molar-refractivity contribution in [2.45, 2.75) is 187 Å². The second-order valence-corrected chi connectivity index (χ2v) is 17.4. The molecule has 0 spiro atoms. The molecule has 0 aliphatic rings. The number of esters is 2. The molecule has 0 aliphatic carbocycles. The van der Waals surface area contributed by atoms with Gasteiger partial charge < -0.3 is 20.1 Å². The Morgan fingerprint density at radius 1 is 0.462 bits per heavy atom. The number of hydrogen-bond acceptors (Lipinski definition) is 8. The summed E-state index contributed by atoms with van der Waals surface area (Å²) >= 11 is 0. The van der Waals surface area contributed by atoms with Crippen LogP contribution in [0.4, 0.5) is 0 Å². The SMILES string of the molecule is CC/C=C\C/C=C\C/C=C\C/C=C\C/C=C\C/C=C\CCCCCCCCCCC(=O)OC(COC(=O)CCCCCC/C=C\C/C=C\C/C=C\C/C=C\CC)COP(=O)(O)OCCN. The van der Waals surface area contributed by atoms with Gasteiger partial charge >= 0.3 is 19.8 Å². The Morgan fingerprint density at radius 3 is 1.18 bits per heavy atom. The maximum Gasteiger partial charge on any atom is 0.472 e. The predicted octanol–water partition coefficient (Wildman–Crippen LogP) is 15.3. The van der Waals surface area contributed by atoms with Gasteiger partial charge in [-0.15, -0.1) is 0 Å². The van der Waals surface area contributed by atoms with Crippen LogP contribution < -0.4 is 5.73 Å². The fourth-order valence-electron chi connectivity index (χ4n) is 6.22. The summed E-state index contributed by atoms with van der Waals surface area (Å²) < 4.78 is 32.9. The average Bonchev–Trinajstić information content (AvgIpc) is 3.30. The lowest BCUT2D eigenvalue weighted by Crippen LogP contribution is -2.29. The number of unbranched alkanes of at least 4 members (excludes halogenated alkanes) is 12. The fraction of sp³-hybridized carbons (Fsp3) is 0.600. The molecular weight excluding hydrogens is 834 g/mol. The van der Waals surface area contributed by atoms with Gasteiger partial charge in [-0.1, -0.05) is 187 Å². The van der Waals surface area contributed by atoms with Crippen LogP contribution in [0.5, 0.6) is 0 Å². The Morgan fingerprint density at radius 2 is 0.800 bits per heavy atom. The highest BCUT2D eigenvalue weighted by Gasteiger charge is 2.26. The molecule has 10 heteroatoms. The Balaban J connectivity index is 4.14. The molecule has 0 saturated carbocycles. The number of ether oxygens (including phenoxy) is 2. The van der Waals surface area contributed by atoms with Gasteiger partial charge in [-0.2, -0.15) is 0 Å². The van der Waals surface area contributed by atoms with E-state index in [1.807, 2.05) is 0 Å². The first kappa shape index (κ1) is 61.4. The van der Waals surface area contributed by atoms with Crippen molar-refractivity contribution in [3.8, 4) is 0 Å². The summed E-state index contributed by atoms with van der Waals surface area (Å²) in [5.41, 5.74) is 5.36. The third kappa shape index (κ3) is 49.7. The van der Waals surface area contributed by atoms with Crippen LogP contribution in [0.25, 0.3) is 0 Å². The molecule has 0 fully saturated rings. The number of phosphoric acid groups is 1. The van der Waals surface area contributed by atoms with E-state index in [0.29, 0.717) is 12.8 Å². The summed E-state index contributed by atoms with van der Waals surface area (Å²) in [6.45, 7) is 3.45. The Bertz CT molecular complexity index is 1470. The van der Waals surface area contributed by atoms with Crippen molar-refractivity contribution in [3.05, 3.63) is 122 Å². The van der Waals surface area contributed by atoms with Gasteiger partial charge in [0.05, 0.1) is 13.2 Å². The van der Waals surface area contributed by atoms with Crippen LogP contribution in [0, 0.1) is 0 Å². The summed E-state index contributed by atoms with van der Waals surface area (Å²) in [4.78, 5) is 35.0. The van der Waals surface area contributed by atoms with E-state index >= 15 is 0 Å². The van der Waals surface area contributed by atoms with Crippen LogP contribution in [-0.2, 0) is 32.7 Å². The fourth-order valence-corrected chi connectivity index (χ4v) is 6.98. The molecule has 0 rings (SSSR count). The number of phosphoric ester groups is 1. The molecule has 0 amide bonds.